The highest BCUT2D eigenvalue weighted by atomic mass is 35.5. The molecule has 0 bridgehead atoms. The van der Waals surface area contributed by atoms with Gasteiger partial charge < -0.3 is 5.32 Å². The summed E-state index contributed by atoms with van der Waals surface area (Å²) in [6, 6.07) is 15.6. The lowest BCUT2D eigenvalue weighted by Crippen LogP contribution is -2.06. The number of aromatic amines is 1. The van der Waals surface area contributed by atoms with Gasteiger partial charge in [0.05, 0.1) is 28.1 Å². The number of rotatable bonds is 4. The Hall–Kier alpha value is -3.43. The minimum atomic E-state index is 0.245. The van der Waals surface area contributed by atoms with Crippen LogP contribution in [0.25, 0.3) is 33.4 Å². The number of nitrogens with one attached hydrogen (secondary N) is 2. The summed E-state index contributed by atoms with van der Waals surface area (Å²) in [5.41, 5.74) is 3.98. The van der Waals surface area contributed by atoms with Gasteiger partial charge in [-0.1, -0.05) is 41.9 Å². The number of hydrogen-bond donors (Lipinski definition) is 2. The molecule has 4 rings (SSSR count). The van der Waals surface area contributed by atoms with Gasteiger partial charge in [-0.25, -0.2) is 9.97 Å². The normalized spacial score (nSPS) is 10.7. The second-order valence-corrected chi connectivity index (χ2v) is 6.33. The average molecular weight is 375 g/mol. The van der Waals surface area contributed by atoms with Crippen molar-refractivity contribution < 1.29 is 0 Å². The van der Waals surface area contributed by atoms with Crippen LogP contribution in [0.4, 0.5) is 5.82 Å². The van der Waals surface area contributed by atoms with Crippen LogP contribution in [0.2, 0.25) is 5.02 Å². The quantitative estimate of drug-likeness (QED) is 0.542. The van der Waals surface area contributed by atoms with Gasteiger partial charge in [-0.3, -0.25) is 5.10 Å². The van der Waals surface area contributed by atoms with E-state index in [2.05, 4.69) is 26.6 Å². The molecule has 2 N–H and O–H groups in total. The van der Waals surface area contributed by atoms with Crippen LogP contribution in [0.5, 0.6) is 0 Å². The lowest BCUT2D eigenvalue weighted by molar-refractivity contribution is 1.11. The van der Waals surface area contributed by atoms with E-state index in [1.807, 2.05) is 49.4 Å². The van der Waals surface area contributed by atoms with Crippen LogP contribution in [0.15, 0.2) is 48.7 Å². The second-order valence-electron chi connectivity index (χ2n) is 5.92. The highest BCUT2D eigenvalue weighted by molar-refractivity contribution is 6.35. The van der Waals surface area contributed by atoms with Crippen LogP contribution in [-0.4, -0.2) is 26.7 Å². The number of halogens is 1. The molecule has 132 valence electrons. The van der Waals surface area contributed by atoms with E-state index in [0.29, 0.717) is 28.8 Å². The molecular weight excluding hydrogens is 360 g/mol. The summed E-state index contributed by atoms with van der Waals surface area (Å²) in [7, 11) is 0. The van der Waals surface area contributed by atoms with Crippen LogP contribution >= 0.6 is 11.6 Å². The lowest BCUT2D eigenvalue weighted by Gasteiger charge is -2.13. The van der Waals surface area contributed by atoms with Crippen molar-refractivity contribution in [3.63, 3.8) is 0 Å². The van der Waals surface area contributed by atoms with E-state index in [1.54, 1.807) is 6.20 Å². The first-order chi connectivity index (χ1) is 13.2. The van der Waals surface area contributed by atoms with Gasteiger partial charge in [0.1, 0.15) is 6.07 Å². The fourth-order valence-corrected chi connectivity index (χ4v) is 3.22. The molecule has 0 spiro atoms. The zero-order valence-corrected chi connectivity index (χ0v) is 15.2. The molecule has 0 unspecified atom stereocenters. The molecular formula is C20H15ClN6. The van der Waals surface area contributed by atoms with Crippen molar-refractivity contribution in [2.24, 2.45) is 0 Å². The molecule has 0 saturated heterocycles. The van der Waals surface area contributed by atoms with Crippen LogP contribution < -0.4 is 5.32 Å². The Morgan fingerprint density at radius 1 is 1.11 bits per heavy atom. The Morgan fingerprint density at radius 2 is 1.89 bits per heavy atom. The molecule has 2 aromatic carbocycles. The van der Waals surface area contributed by atoms with Gasteiger partial charge in [0.25, 0.3) is 0 Å². The molecule has 0 atom stereocenters. The number of H-pyrrole nitrogens is 1. The van der Waals surface area contributed by atoms with Gasteiger partial charge in [0.15, 0.2) is 11.5 Å². The predicted molar refractivity (Wildman–Crippen MR) is 106 cm³/mol. The number of nitriles is 1. The summed E-state index contributed by atoms with van der Waals surface area (Å²) < 4.78 is 0. The summed E-state index contributed by atoms with van der Waals surface area (Å²) in [5.74, 6) is 0.470. The van der Waals surface area contributed by atoms with E-state index in [0.717, 1.165) is 22.0 Å². The van der Waals surface area contributed by atoms with Gasteiger partial charge in [-0.05, 0) is 19.1 Å². The minimum absolute atomic E-state index is 0.245. The van der Waals surface area contributed by atoms with Gasteiger partial charge >= 0.3 is 0 Å². The summed E-state index contributed by atoms with van der Waals surface area (Å²) in [6.07, 6.45) is 1.71. The Balaban J connectivity index is 2.01. The van der Waals surface area contributed by atoms with Crippen molar-refractivity contribution >= 4 is 28.3 Å². The molecule has 0 amide bonds. The number of anilines is 1. The fourth-order valence-electron chi connectivity index (χ4n) is 2.95. The van der Waals surface area contributed by atoms with E-state index in [4.69, 9.17) is 16.6 Å². The maximum absolute atomic E-state index is 9.54. The van der Waals surface area contributed by atoms with E-state index in [-0.39, 0.29) is 5.69 Å². The maximum atomic E-state index is 9.54. The molecule has 0 radical (unpaired) electrons. The van der Waals surface area contributed by atoms with Crippen LogP contribution in [-0.2, 0) is 0 Å². The maximum Gasteiger partial charge on any atom is 0.183 e. The third kappa shape index (κ3) is 3.09. The largest absolute Gasteiger partial charge is 0.368 e. The molecule has 27 heavy (non-hydrogen) atoms. The molecule has 2 aromatic heterocycles. The fraction of sp³-hybridized carbons (Fsp3) is 0.100. The lowest BCUT2D eigenvalue weighted by atomic mass is 10.0. The summed E-state index contributed by atoms with van der Waals surface area (Å²) in [4.78, 5) is 9.33. The van der Waals surface area contributed by atoms with Crippen LogP contribution in [0.1, 0.15) is 12.6 Å². The number of nitrogens with zero attached hydrogens (tertiary/aromatic N) is 4. The molecule has 7 heteroatoms. The van der Waals surface area contributed by atoms with E-state index in [9.17, 15) is 5.26 Å². The monoisotopic (exact) mass is 374 g/mol. The molecule has 0 aliphatic rings. The molecule has 0 aliphatic heterocycles. The molecule has 0 aliphatic carbocycles. The van der Waals surface area contributed by atoms with Crippen molar-refractivity contribution in [2.75, 3.05) is 11.9 Å². The average Bonchev–Trinajstić information content (AvgIpc) is 3.18. The number of hydrogen-bond acceptors (Lipinski definition) is 5. The Bertz CT molecular complexity index is 1160. The van der Waals surface area contributed by atoms with E-state index in [1.165, 1.54) is 0 Å². The van der Waals surface area contributed by atoms with Gasteiger partial charge in [0, 0.05) is 23.1 Å². The zero-order valence-electron chi connectivity index (χ0n) is 14.5. The standard InChI is InChI=1S/C20H15ClN6/c1-2-23-20-16(10-22)25-19(18(26-20)12-6-4-3-5-7-12)13-8-14-11-24-27-17(14)15(21)9-13/h3-9,11H,2H2,1H3,(H,23,26)(H,24,27). The number of aromatic nitrogens is 4. The third-order valence-corrected chi connectivity index (χ3v) is 4.47. The molecule has 0 saturated carbocycles. The Morgan fingerprint density at radius 3 is 2.63 bits per heavy atom. The van der Waals surface area contributed by atoms with Crippen molar-refractivity contribution in [1.82, 2.24) is 20.2 Å². The number of fused-ring (bicyclic) bond motifs is 1. The molecule has 2 heterocycles. The summed E-state index contributed by atoms with van der Waals surface area (Å²) in [5, 5.41) is 21.0. The van der Waals surface area contributed by atoms with Gasteiger partial charge in [-0.15, -0.1) is 0 Å². The van der Waals surface area contributed by atoms with Crippen molar-refractivity contribution in [3.05, 3.63) is 59.4 Å². The second kappa shape index (κ2) is 7.06. The topological polar surface area (TPSA) is 90.3 Å². The van der Waals surface area contributed by atoms with E-state index < -0.39 is 0 Å². The third-order valence-electron chi connectivity index (χ3n) is 4.17. The first-order valence-corrected chi connectivity index (χ1v) is 8.83. The molecule has 6 nitrogen and oxygen atoms in total. The molecule has 4 aromatic rings. The Labute approximate surface area is 160 Å². The highest BCUT2D eigenvalue weighted by Crippen LogP contribution is 2.35. The van der Waals surface area contributed by atoms with Gasteiger partial charge in [0.2, 0.25) is 0 Å². The van der Waals surface area contributed by atoms with Crippen LogP contribution in [0.3, 0.4) is 0 Å². The number of benzene rings is 2. The SMILES string of the molecule is CCNc1nc(-c2ccccc2)c(-c2cc(Cl)c3[nH]ncc3c2)nc1C#N. The zero-order chi connectivity index (χ0) is 18.8. The van der Waals surface area contributed by atoms with Gasteiger partial charge in [-0.2, -0.15) is 10.4 Å². The van der Waals surface area contributed by atoms with Crippen molar-refractivity contribution in [2.45, 2.75) is 6.92 Å². The minimum Gasteiger partial charge on any atom is -0.368 e. The first-order valence-electron chi connectivity index (χ1n) is 8.45. The van der Waals surface area contributed by atoms with E-state index >= 15 is 0 Å². The van der Waals surface area contributed by atoms with Crippen molar-refractivity contribution in [1.29, 1.82) is 5.26 Å². The van der Waals surface area contributed by atoms with Crippen molar-refractivity contribution in [3.8, 4) is 28.6 Å². The summed E-state index contributed by atoms with van der Waals surface area (Å²) >= 11 is 6.41. The Kier molecular flexibility index (Phi) is 4.45. The predicted octanol–water partition coefficient (Wildman–Crippen LogP) is 4.64. The first kappa shape index (κ1) is 17.0. The summed E-state index contributed by atoms with van der Waals surface area (Å²) in [6.45, 7) is 2.59. The smallest absolute Gasteiger partial charge is 0.183 e. The molecule has 0 fully saturated rings. The highest BCUT2D eigenvalue weighted by Gasteiger charge is 2.18. The van der Waals surface area contributed by atoms with Crippen LogP contribution in [0, 0.1) is 11.3 Å².